The Morgan fingerprint density at radius 3 is 2.14 bits per heavy atom. The maximum Gasteiger partial charge on any atom is 0.135 e. The van der Waals surface area contributed by atoms with Gasteiger partial charge in [-0.15, -0.1) is 16.7 Å². The number of halogens is 2. The van der Waals surface area contributed by atoms with Gasteiger partial charge in [0.2, 0.25) is 0 Å². The zero-order valence-electron chi connectivity index (χ0n) is 18.5. The van der Waals surface area contributed by atoms with Crippen LogP contribution >= 0.6 is 24.5 Å². The van der Waals surface area contributed by atoms with E-state index < -0.39 is 0 Å². The summed E-state index contributed by atoms with van der Waals surface area (Å²) in [7, 11) is 1.77. The number of allylic oxidation sites excluding steroid dienone is 2. The first-order valence-electron chi connectivity index (χ1n) is 9.40. The molecule has 0 aromatic heterocycles. The van der Waals surface area contributed by atoms with Crippen LogP contribution in [0.4, 0.5) is 7.77 Å². The highest BCUT2D eigenvalue weighted by molar-refractivity contribution is 7.93. The Kier molecular flexibility index (Phi) is 18.9. The maximum atomic E-state index is 13.5. The van der Waals surface area contributed by atoms with Gasteiger partial charge in [-0.1, -0.05) is 68.8 Å². The summed E-state index contributed by atoms with van der Waals surface area (Å²) < 4.78 is 25.5. The Balaban J connectivity index is 0. The zero-order chi connectivity index (χ0) is 22.8. The van der Waals surface area contributed by atoms with Crippen molar-refractivity contribution in [3.8, 4) is 12.8 Å². The molecule has 29 heavy (non-hydrogen) atoms. The van der Waals surface area contributed by atoms with E-state index in [4.69, 9.17) is 0 Å². The van der Waals surface area contributed by atoms with Gasteiger partial charge in [0, 0.05) is 31.5 Å². The van der Waals surface area contributed by atoms with Gasteiger partial charge < -0.3 is 0 Å². The third-order valence-corrected chi connectivity index (χ3v) is 4.61. The van der Waals surface area contributed by atoms with Gasteiger partial charge in [0.15, 0.2) is 0 Å². The predicted molar refractivity (Wildman–Crippen MR) is 131 cm³/mol. The molecule has 2 atom stereocenters. The molecule has 1 aromatic carbocycles. The highest BCUT2D eigenvalue weighted by Crippen LogP contribution is 2.26. The standard InChI is InChI=1S/C18H23FN2S.C2H6.C2H2.CH3FS/c1-13-9-10-16(15(3)11-13)17(20-4)12-21(22-19)18-8-6-5-7-14(18)2;2*1-2;1-3-2/h5-11,14,18H,12H2,1-4H3;1-2H3;1-2H;1H3. The quantitative estimate of drug-likeness (QED) is 0.273. The summed E-state index contributed by atoms with van der Waals surface area (Å²) in [4.78, 5) is 4.41. The predicted octanol–water partition coefficient (Wildman–Crippen LogP) is 7.20. The summed E-state index contributed by atoms with van der Waals surface area (Å²) in [6.45, 7) is 10.7. The number of aryl methyl sites for hydroxylation is 2. The van der Waals surface area contributed by atoms with Crippen LogP contribution in [0, 0.1) is 32.6 Å². The summed E-state index contributed by atoms with van der Waals surface area (Å²) in [6.07, 6.45) is 17.5. The maximum absolute atomic E-state index is 13.5. The molecule has 0 heterocycles. The van der Waals surface area contributed by atoms with Crippen molar-refractivity contribution in [3.63, 3.8) is 0 Å². The number of rotatable bonds is 5. The van der Waals surface area contributed by atoms with Crippen molar-refractivity contribution in [2.45, 2.75) is 40.7 Å². The first kappa shape index (κ1) is 29.6. The van der Waals surface area contributed by atoms with Crippen LogP contribution < -0.4 is 0 Å². The van der Waals surface area contributed by atoms with Crippen LogP contribution in [0.1, 0.15) is 37.5 Å². The Hall–Kier alpha value is -1.55. The molecule has 1 aliphatic rings. The highest BCUT2D eigenvalue weighted by Gasteiger charge is 2.25. The van der Waals surface area contributed by atoms with Gasteiger partial charge in [-0.05, 0) is 30.9 Å². The van der Waals surface area contributed by atoms with Crippen LogP contribution in [0.2, 0.25) is 0 Å². The topological polar surface area (TPSA) is 15.6 Å². The number of benzene rings is 1. The third kappa shape index (κ3) is 10.7. The lowest BCUT2D eigenvalue weighted by Gasteiger charge is -2.30. The van der Waals surface area contributed by atoms with Crippen molar-refractivity contribution < 1.29 is 7.77 Å². The lowest BCUT2D eigenvalue weighted by molar-refractivity contribution is 0.374. The number of terminal acetylenes is 1. The minimum absolute atomic E-state index is 0.0440. The SMILES string of the molecule is C#C.CC.CN=C(CN(SF)C1C=CC=CC1C)c1ccc(C)cc1C.CSF. The van der Waals surface area contributed by atoms with Crippen molar-refractivity contribution in [3.05, 3.63) is 59.2 Å². The van der Waals surface area contributed by atoms with Gasteiger partial charge in [-0.3, -0.25) is 4.99 Å². The Morgan fingerprint density at radius 1 is 1.14 bits per heavy atom. The van der Waals surface area contributed by atoms with E-state index in [9.17, 15) is 7.77 Å². The number of nitrogens with zero attached hydrogens (tertiary/aromatic N) is 2. The fraction of sp³-hybridized carbons (Fsp3) is 0.435. The first-order valence-corrected chi connectivity index (χ1v) is 11.2. The minimum Gasteiger partial charge on any atom is -0.291 e. The molecule has 0 N–H and O–H groups in total. The summed E-state index contributed by atoms with van der Waals surface area (Å²) >= 11 is 0.545. The molecule has 0 fully saturated rings. The molecule has 0 aliphatic heterocycles. The number of aliphatic imine (C=N–C) groups is 1. The summed E-state index contributed by atoms with van der Waals surface area (Å²) in [5.74, 6) is 0.283. The van der Waals surface area contributed by atoms with Gasteiger partial charge in [0.25, 0.3) is 0 Å². The molecule has 0 saturated carbocycles. The van der Waals surface area contributed by atoms with Crippen LogP contribution in [0.25, 0.3) is 0 Å². The largest absolute Gasteiger partial charge is 0.291 e. The van der Waals surface area contributed by atoms with Crippen LogP contribution in [-0.4, -0.2) is 35.9 Å². The molecule has 1 aliphatic carbocycles. The highest BCUT2D eigenvalue weighted by atomic mass is 32.2. The normalized spacial score (nSPS) is 17.3. The lowest BCUT2D eigenvalue weighted by atomic mass is 9.96. The average Bonchev–Trinajstić information content (AvgIpc) is 2.74. The smallest absolute Gasteiger partial charge is 0.135 e. The Morgan fingerprint density at radius 2 is 1.69 bits per heavy atom. The van der Waals surface area contributed by atoms with Gasteiger partial charge >= 0.3 is 0 Å². The summed E-state index contributed by atoms with van der Waals surface area (Å²) in [6, 6.07) is 6.34. The van der Waals surface area contributed by atoms with Crippen molar-refractivity contribution in [1.82, 2.24) is 4.31 Å². The minimum atomic E-state index is 0.0440. The molecule has 6 heteroatoms. The van der Waals surface area contributed by atoms with Crippen molar-refractivity contribution >= 4 is 30.2 Å². The molecule has 1 aromatic rings. The van der Waals surface area contributed by atoms with E-state index in [0.29, 0.717) is 18.9 Å². The molecule has 0 amide bonds. The molecular weight excluding hydrogens is 406 g/mol. The van der Waals surface area contributed by atoms with Gasteiger partial charge in [-0.2, -0.15) is 3.89 Å². The molecule has 0 bridgehead atoms. The molecule has 2 rings (SSSR count). The Labute approximate surface area is 185 Å². The molecule has 0 radical (unpaired) electrons. The fourth-order valence-electron chi connectivity index (χ4n) is 2.80. The molecule has 0 spiro atoms. The third-order valence-electron chi connectivity index (χ3n) is 4.06. The summed E-state index contributed by atoms with van der Waals surface area (Å²) in [5.41, 5.74) is 4.41. The van der Waals surface area contributed by atoms with Crippen molar-refractivity contribution in [2.75, 3.05) is 19.8 Å². The van der Waals surface area contributed by atoms with Gasteiger partial charge in [0.1, 0.15) is 12.3 Å². The molecular formula is C23H34F2N2S2. The van der Waals surface area contributed by atoms with E-state index in [-0.39, 0.29) is 24.1 Å². The van der Waals surface area contributed by atoms with Crippen molar-refractivity contribution in [1.29, 1.82) is 0 Å². The van der Waals surface area contributed by atoms with Crippen LogP contribution in [0.3, 0.4) is 0 Å². The van der Waals surface area contributed by atoms with E-state index in [0.717, 1.165) is 11.3 Å². The fourth-order valence-corrected chi connectivity index (χ4v) is 3.33. The van der Waals surface area contributed by atoms with E-state index in [1.54, 1.807) is 11.4 Å². The molecule has 162 valence electrons. The average molecular weight is 441 g/mol. The van der Waals surface area contributed by atoms with Gasteiger partial charge in [-0.25, -0.2) is 4.31 Å². The summed E-state index contributed by atoms with van der Waals surface area (Å²) in [5, 5.41) is 0. The molecule has 0 saturated heterocycles. The van der Waals surface area contributed by atoms with Gasteiger partial charge in [0.05, 0.1) is 12.3 Å². The molecule has 2 nitrogen and oxygen atoms in total. The second-order valence-corrected chi connectivity index (χ2v) is 6.82. The van der Waals surface area contributed by atoms with E-state index in [1.807, 2.05) is 32.1 Å². The van der Waals surface area contributed by atoms with E-state index in [1.165, 1.54) is 17.4 Å². The second kappa shape index (κ2) is 18.5. The number of hydrogen-bond acceptors (Lipinski definition) is 4. The van der Waals surface area contributed by atoms with Crippen molar-refractivity contribution in [2.24, 2.45) is 10.9 Å². The molecule has 2 unspecified atom stereocenters. The van der Waals surface area contributed by atoms with E-state index in [2.05, 4.69) is 62.9 Å². The monoisotopic (exact) mass is 440 g/mol. The van der Waals surface area contributed by atoms with Crippen LogP contribution in [-0.2, 0) is 0 Å². The lowest BCUT2D eigenvalue weighted by Crippen LogP contribution is -2.37. The van der Waals surface area contributed by atoms with E-state index >= 15 is 0 Å². The number of hydrogen-bond donors (Lipinski definition) is 0. The second-order valence-electron chi connectivity index (χ2n) is 5.91. The zero-order valence-corrected chi connectivity index (χ0v) is 20.2. The Bertz CT molecular complexity index is 670. The van der Waals surface area contributed by atoms with Crippen LogP contribution in [0.5, 0.6) is 0 Å². The first-order chi connectivity index (χ1) is 14.0. The van der Waals surface area contributed by atoms with Crippen LogP contribution in [0.15, 0.2) is 47.5 Å².